The Labute approximate surface area is 118 Å². The van der Waals surface area contributed by atoms with E-state index in [1.54, 1.807) is 6.07 Å². The molecule has 2 aliphatic rings. The van der Waals surface area contributed by atoms with Crippen molar-refractivity contribution in [1.82, 2.24) is 14.7 Å². The second-order valence-corrected chi connectivity index (χ2v) is 5.79. The predicted octanol–water partition coefficient (Wildman–Crippen LogP) is 2.14. The van der Waals surface area contributed by atoms with Crippen molar-refractivity contribution in [2.24, 2.45) is 5.92 Å². The van der Waals surface area contributed by atoms with Gasteiger partial charge in [0.2, 0.25) is 0 Å². The first-order valence-electron chi connectivity index (χ1n) is 7.40. The summed E-state index contributed by atoms with van der Waals surface area (Å²) in [5, 5.41) is 13.2. The molecule has 2 heterocycles. The second kappa shape index (κ2) is 5.79. The minimum Gasteiger partial charge on any atom is -0.476 e. The Morgan fingerprint density at radius 1 is 1.40 bits per heavy atom. The number of carbonyl (C=O) groups is 1. The largest absolute Gasteiger partial charge is 0.476 e. The fourth-order valence-corrected chi connectivity index (χ4v) is 3.18. The van der Waals surface area contributed by atoms with Gasteiger partial charge in [-0.05, 0) is 37.7 Å². The monoisotopic (exact) mass is 275 g/mol. The van der Waals surface area contributed by atoms with Crippen LogP contribution < -0.4 is 0 Å². The highest BCUT2D eigenvalue weighted by Crippen LogP contribution is 2.22. The molecule has 0 saturated heterocycles. The number of carboxylic acids is 1. The summed E-state index contributed by atoms with van der Waals surface area (Å²) in [5.74, 6) is -0.192. The van der Waals surface area contributed by atoms with Gasteiger partial charge in [-0.25, -0.2) is 4.79 Å². The summed E-state index contributed by atoms with van der Waals surface area (Å²) in [4.78, 5) is 13.5. The Kier molecular flexibility index (Phi) is 3.87. The quantitative estimate of drug-likeness (QED) is 0.859. The van der Waals surface area contributed by atoms with Gasteiger partial charge in [0.15, 0.2) is 5.69 Å². The van der Waals surface area contributed by atoms with E-state index >= 15 is 0 Å². The van der Waals surface area contributed by atoms with Crippen molar-refractivity contribution in [2.45, 2.75) is 38.8 Å². The van der Waals surface area contributed by atoms with E-state index in [2.05, 4.69) is 22.2 Å². The van der Waals surface area contributed by atoms with E-state index in [0.29, 0.717) is 0 Å². The van der Waals surface area contributed by atoms with Crippen LogP contribution in [0, 0.1) is 5.92 Å². The molecular formula is C15H21N3O2. The highest BCUT2D eigenvalue weighted by atomic mass is 16.4. The predicted molar refractivity (Wildman–Crippen MR) is 75.6 cm³/mol. The number of nitrogens with zero attached hydrogens (tertiary/aromatic N) is 3. The molecule has 0 radical (unpaired) electrons. The first-order chi connectivity index (χ1) is 9.72. The van der Waals surface area contributed by atoms with Crippen LogP contribution in [0.3, 0.4) is 0 Å². The summed E-state index contributed by atoms with van der Waals surface area (Å²) in [6.07, 6.45) is 9.24. The average Bonchev–Trinajstić information content (AvgIpc) is 2.74. The molecule has 0 saturated carbocycles. The third-order valence-corrected chi connectivity index (χ3v) is 4.21. The number of rotatable bonds is 3. The van der Waals surface area contributed by atoms with Crippen molar-refractivity contribution in [3.05, 3.63) is 29.6 Å². The van der Waals surface area contributed by atoms with Crippen molar-refractivity contribution in [2.75, 3.05) is 13.1 Å². The molecule has 0 aromatic carbocycles. The molecule has 1 N–H and O–H groups in total. The standard InChI is InChI=1S/C15H21N3O2/c19-15(20)14-9-13-11-17(7-4-8-18(13)16-14)10-12-5-2-1-3-6-12/h1-2,9,12H,3-8,10-11H2,(H,19,20). The van der Waals surface area contributed by atoms with Crippen molar-refractivity contribution in [3.8, 4) is 0 Å². The number of fused-ring (bicyclic) bond motifs is 1. The molecule has 20 heavy (non-hydrogen) atoms. The van der Waals surface area contributed by atoms with Crippen molar-refractivity contribution < 1.29 is 9.90 Å². The van der Waals surface area contributed by atoms with E-state index in [4.69, 9.17) is 5.11 Å². The normalized spacial score (nSPS) is 23.3. The lowest BCUT2D eigenvalue weighted by atomic mass is 9.94. The SMILES string of the molecule is O=C(O)c1cc2n(n1)CCCN(CC1CC=CCC1)C2. The van der Waals surface area contributed by atoms with Crippen LogP contribution in [-0.2, 0) is 13.1 Å². The first-order valence-corrected chi connectivity index (χ1v) is 7.40. The Balaban J connectivity index is 1.68. The molecule has 1 atom stereocenters. The molecule has 3 rings (SSSR count). The third-order valence-electron chi connectivity index (χ3n) is 4.21. The van der Waals surface area contributed by atoms with Gasteiger partial charge in [0, 0.05) is 26.2 Å². The van der Waals surface area contributed by atoms with Crippen LogP contribution in [0.1, 0.15) is 41.9 Å². The number of aromatic carboxylic acids is 1. The van der Waals surface area contributed by atoms with Crippen molar-refractivity contribution in [3.63, 3.8) is 0 Å². The van der Waals surface area contributed by atoms with Gasteiger partial charge < -0.3 is 5.11 Å². The molecule has 1 aromatic heterocycles. The van der Waals surface area contributed by atoms with Crippen LogP contribution in [0.25, 0.3) is 0 Å². The zero-order valence-electron chi connectivity index (χ0n) is 11.7. The zero-order chi connectivity index (χ0) is 13.9. The molecule has 0 bridgehead atoms. The summed E-state index contributed by atoms with van der Waals surface area (Å²) in [5.41, 5.74) is 1.20. The zero-order valence-corrected chi connectivity index (χ0v) is 11.7. The summed E-state index contributed by atoms with van der Waals surface area (Å²) >= 11 is 0. The number of aryl methyl sites for hydroxylation is 1. The Hall–Kier alpha value is -1.62. The first kappa shape index (κ1) is 13.4. The third kappa shape index (κ3) is 2.93. The van der Waals surface area contributed by atoms with Crippen molar-refractivity contribution >= 4 is 5.97 Å². The van der Waals surface area contributed by atoms with Crippen LogP contribution in [0.4, 0.5) is 0 Å². The van der Waals surface area contributed by atoms with Crippen molar-refractivity contribution in [1.29, 1.82) is 0 Å². The molecule has 0 amide bonds. The molecular weight excluding hydrogens is 254 g/mol. The summed E-state index contributed by atoms with van der Waals surface area (Å²) in [6, 6.07) is 1.72. The van der Waals surface area contributed by atoms with Gasteiger partial charge >= 0.3 is 5.97 Å². The fourth-order valence-electron chi connectivity index (χ4n) is 3.18. The summed E-state index contributed by atoms with van der Waals surface area (Å²) in [7, 11) is 0. The summed E-state index contributed by atoms with van der Waals surface area (Å²) in [6.45, 7) is 3.83. The van der Waals surface area contributed by atoms with Crippen LogP contribution >= 0.6 is 0 Å². The van der Waals surface area contributed by atoms with E-state index in [1.807, 2.05) is 4.68 Å². The highest BCUT2D eigenvalue weighted by Gasteiger charge is 2.21. The highest BCUT2D eigenvalue weighted by molar-refractivity contribution is 5.85. The fraction of sp³-hybridized carbons (Fsp3) is 0.600. The smallest absolute Gasteiger partial charge is 0.356 e. The maximum absolute atomic E-state index is 11.0. The van der Waals surface area contributed by atoms with E-state index in [1.165, 1.54) is 19.3 Å². The van der Waals surface area contributed by atoms with Gasteiger partial charge in [-0.3, -0.25) is 9.58 Å². The second-order valence-electron chi connectivity index (χ2n) is 5.79. The van der Waals surface area contributed by atoms with Crippen LogP contribution in [0.5, 0.6) is 0 Å². The molecule has 5 heteroatoms. The lowest BCUT2D eigenvalue weighted by molar-refractivity contribution is 0.0689. The Bertz CT molecular complexity index is 521. The number of allylic oxidation sites excluding steroid dienone is 2. The molecule has 1 aliphatic carbocycles. The van der Waals surface area contributed by atoms with E-state index in [0.717, 1.165) is 44.2 Å². The molecule has 5 nitrogen and oxygen atoms in total. The van der Waals surface area contributed by atoms with Gasteiger partial charge in [-0.1, -0.05) is 12.2 Å². The lowest BCUT2D eigenvalue weighted by Gasteiger charge is -2.26. The van der Waals surface area contributed by atoms with Gasteiger partial charge in [0.05, 0.1) is 5.69 Å². The van der Waals surface area contributed by atoms with Gasteiger partial charge in [0.1, 0.15) is 0 Å². The summed E-state index contributed by atoms with van der Waals surface area (Å²) < 4.78 is 1.87. The molecule has 108 valence electrons. The minimum atomic E-state index is -0.936. The van der Waals surface area contributed by atoms with Crippen LogP contribution in [0.15, 0.2) is 18.2 Å². The number of aromatic nitrogens is 2. The maximum Gasteiger partial charge on any atom is 0.356 e. The molecule has 0 fully saturated rings. The minimum absolute atomic E-state index is 0.169. The van der Waals surface area contributed by atoms with E-state index in [9.17, 15) is 4.79 Å². The molecule has 0 spiro atoms. The topological polar surface area (TPSA) is 58.4 Å². The van der Waals surface area contributed by atoms with Gasteiger partial charge in [-0.15, -0.1) is 0 Å². The molecule has 1 aliphatic heterocycles. The lowest BCUT2D eigenvalue weighted by Crippen LogP contribution is -2.29. The number of carboxylic acid groups (broad SMARTS) is 1. The maximum atomic E-state index is 11.0. The van der Waals surface area contributed by atoms with Crippen LogP contribution in [-0.4, -0.2) is 38.8 Å². The Morgan fingerprint density at radius 2 is 2.30 bits per heavy atom. The van der Waals surface area contributed by atoms with Gasteiger partial charge in [-0.2, -0.15) is 5.10 Å². The number of hydrogen-bond acceptors (Lipinski definition) is 3. The van der Waals surface area contributed by atoms with E-state index in [-0.39, 0.29) is 5.69 Å². The average molecular weight is 275 g/mol. The molecule has 1 aromatic rings. The van der Waals surface area contributed by atoms with E-state index < -0.39 is 5.97 Å². The van der Waals surface area contributed by atoms with Crippen LogP contribution in [0.2, 0.25) is 0 Å². The molecule has 1 unspecified atom stereocenters. The van der Waals surface area contributed by atoms with Gasteiger partial charge in [0.25, 0.3) is 0 Å². The number of hydrogen-bond donors (Lipinski definition) is 1. The Morgan fingerprint density at radius 3 is 3.05 bits per heavy atom.